The molecule has 158 valence electrons. The molecule has 1 saturated heterocycles. The molecular weight excluding hydrogens is 352 g/mol. The highest BCUT2D eigenvalue weighted by atomic mass is 16.5. The largest absolute Gasteiger partial charge is 0.494 e. The van der Waals surface area contributed by atoms with Gasteiger partial charge in [-0.2, -0.15) is 0 Å². The van der Waals surface area contributed by atoms with Crippen molar-refractivity contribution in [1.82, 2.24) is 4.90 Å². The van der Waals surface area contributed by atoms with Crippen molar-refractivity contribution in [3.05, 3.63) is 24.3 Å². The number of likely N-dealkylation sites (tertiary alicyclic amines) is 1. The average Bonchev–Trinajstić information content (AvgIpc) is 2.71. The average molecular weight is 391 g/mol. The van der Waals surface area contributed by atoms with Crippen LogP contribution in [0.2, 0.25) is 0 Å². The van der Waals surface area contributed by atoms with Gasteiger partial charge in [0.05, 0.1) is 6.61 Å². The van der Waals surface area contributed by atoms with E-state index in [9.17, 15) is 4.79 Å². The third-order valence-electron chi connectivity index (χ3n) is 5.81. The van der Waals surface area contributed by atoms with Crippen molar-refractivity contribution in [2.75, 3.05) is 38.7 Å². The minimum absolute atomic E-state index is 0.104. The summed E-state index contributed by atoms with van der Waals surface area (Å²) in [5, 5.41) is 2.96. The molecule has 0 radical (unpaired) electrons. The number of hydrogen-bond acceptors (Lipinski definition) is 4. The highest BCUT2D eigenvalue weighted by Crippen LogP contribution is 2.22. The maximum absolute atomic E-state index is 12.6. The Hall–Kier alpha value is -1.59. The minimum Gasteiger partial charge on any atom is -0.494 e. The highest BCUT2D eigenvalue weighted by molar-refractivity contribution is 5.97. The van der Waals surface area contributed by atoms with Gasteiger partial charge in [0.15, 0.2) is 0 Å². The Morgan fingerprint density at radius 2 is 1.89 bits per heavy atom. The third-order valence-corrected chi connectivity index (χ3v) is 5.81. The van der Waals surface area contributed by atoms with Crippen molar-refractivity contribution in [1.29, 1.82) is 0 Å². The Morgan fingerprint density at radius 1 is 1.21 bits per heavy atom. The van der Waals surface area contributed by atoms with Gasteiger partial charge >= 0.3 is 0 Å². The Kier molecular flexibility index (Phi) is 9.26. The zero-order valence-electron chi connectivity index (χ0n) is 18.1. The number of rotatable bonds is 11. The van der Waals surface area contributed by atoms with Crippen LogP contribution >= 0.6 is 0 Å². The fraction of sp³-hybridized carbons (Fsp3) is 0.696. The van der Waals surface area contributed by atoms with Gasteiger partial charge < -0.3 is 19.7 Å². The zero-order chi connectivity index (χ0) is 20.4. The van der Waals surface area contributed by atoms with Gasteiger partial charge in [0.25, 0.3) is 5.91 Å². The summed E-state index contributed by atoms with van der Waals surface area (Å²) in [6, 6.07) is 7.59. The van der Waals surface area contributed by atoms with Gasteiger partial charge in [0.2, 0.25) is 0 Å². The Labute approximate surface area is 170 Å². The smallest absolute Gasteiger partial charge is 0.256 e. The quantitative estimate of drug-likeness (QED) is 0.556. The van der Waals surface area contributed by atoms with Gasteiger partial charge in [-0.05, 0) is 75.9 Å². The number of benzene rings is 1. The summed E-state index contributed by atoms with van der Waals surface area (Å²) in [7, 11) is 1.59. The van der Waals surface area contributed by atoms with Crippen LogP contribution in [0.1, 0.15) is 59.3 Å². The molecule has 28 heavy (non-hydrogen) atoms. The van der Waals surface area contributed by atoms with Crippen LogP contribution < -0.4 is 10.1 Å². The molecule has 1 aromatic carbocycles. The monoisotopic (exact) mass is 390 g/mol. The van der Waals surface area contributed by atoms with Crippen molar-refractivity contribution in [2.24, 2.45) is 5.92 Å². The number of hydrogen-bond donors (Lipinski definition) is 1. The molecule has 0 aliphatic carbocycles. The van der Waals surface area contributed by atoms with E-state index >= 15 is 0 Å². The number of carbonyl (C=O) groups is 1. The first kappa shape index (κ1) is 22.7. The van der Waals surface area contributed by atoms with Crippen LogP contribution in [0.5, 0.6) is 5.75 Å². The summed E-state index contributed by atoms with van der Waals surface area (Å²) in [6.07, 6.45) is 6.37. The lowest BCUT2D eigenvalue weighted by molar-refractivity contribution is -0.136. The van der Waals surface area contributed by atoms with Crippen molar-refractivity contribution in [3.8, 4) is 5.75 Å². The van der Waals surface area contributed by atoms with E-state index in [4.69, 9.17) is 9.47 Å². The van der Waals surface area contributed by atoms with Crippen LogP contribution in [0.15, 0.2) is 24.3 Å². The molecule has 1 unspecified atom stereocenters. The van der Waals surface area contributed by atoms with Crippen LogP contribution in [-0.2, 0) is 9.53 Å². The van der Waals surface area contributed by atoms with E-state index in [1.807, 2.05) is 31.2 Å². The lowest BCUT2D eigenvalue weighted by Crippen LogP contribution is -2.41. The van der Waals surface area contributed by atoms with Crippen LogP contribution in [-0.4, -0.2) is 49.8 Å². The third kappa shape index (κ3) is 7.10. The normalized spacial score (nSPS) is 17.9. The summed E-state index contributed by atoms with van der Waals surface area (Å²) in [4.78, 5) is 15.1. The number of amides is 1. The first-order valence-electron chi connectivity index (χ1n) is 10.8. The summed E-state index contributed by atoms with van der Waals surface area (Å²) in [6.45, 7) is 10.6. The predicted molar refractivity (Wildman–Crippen MR) is 115 cm³/mol. The highest BCUT2D eigenvalue weighted by Gasteiger charge is 2.32. The van der Waals surface area contributed by atoms with Gasteiger partial charge in [-0.3, -0.25) is 4.79 Å². The second-order valence-electron chi connectivity index (χ2n) is 8.24. The van der Waals surface area contributed by atoms with E-state index in [1.54, 1.807) is 7.11 Å². The SMILES string of the molecule is CCCCC(C)(OC)C(=O)Nc1ccc(OCCCN2CCC(C)CC2)cc1. The van der Waals surface area contributed by atoms with E-state index in [1.165, 1.54) is 25.9 Å². The van der Waals surface area contributed by atoms with Crippen LogP contribution in [0.25, 0.3) is 0 Å². The fourth-order valence-electron chi connectivity index (χ4n) is 3.48. The van der Waals surface area contributed by atoms with E-state index in [2.05, 4.69) is 24.1 Å². The maximum Gasteiger partial charge on any atom is 0.256 e. The number of nitrogens with one attached hydrogen (secondary N) is 1. The summed E-state index contributed by atoms with van der Waals surface area (Å²) in [5.74, 6) is 1.61. The van der Waals surface area contributed by atoms with E-state index < -0.39 is 5.60 Å². The number of anilines is 1. The molecule has 1 aliphatic heterocycles. The predicted octanol–water partition coefficient (Wildman–Crippen LogP) is 4.72. The van der Waals surface area contributed by atoms with Crippen LogP contribution in [0, 0.1) is 5.92 Å². The topological polar surface area (TPSA) is 50.8 Å². The molecule has 1 atom stereocenters. The molecule has 2 rings (SSSR count). The van der Waals surface area contributed by atoms with Gasteiger partial charge in [-0.1, -0.05) is 26.7 Å². The molecule has 1 amide bonds. The molecule has 1 aromatic rings. The maximum atomic E-state index is 12.6. The summed E-state index contributed by atoms with van der Waals surface area (Å²) in [5.41, 5.74) is -0.0307. The Bertz CT molecular complexity index is 582. The molecule has 1 N–H and O–H groups in total. The lowest BCUT2D eigenvalue weighted by atomic mass is 9.97. The van der Waals surface area contributed by atoms with Crippen molar-refractivity contribution in [2.45, 2.75) is 64.9 Å². The van der Waals surface area contributed by atoms with Crippen LogP contribution in [0.3, 0.4) is 0 Å². The number of unbranched alkanes of at least 4 members (excludes halogenated alkanes) is 1. The van der Waals surface area contributed by atoms with Crippen LogP contribution in [0.4, 0.5) is 5.69 Å². The molecule has 0 aromatic heterocycles. The number of nitrogens with zero attached hydrogens (tertiary/aromatic N) is 1. The number of ether oxygens (including phenoxy) is 2. The molecule has 0 spiro atoms. The van der Waals surface area contributed by atoms with Crippen molar-refractivity contribution in [3.63, 3.8) is 0 Å². The van der Waals surface area contributed by atoms with E-state index in [-0.39, 0.29) is 5.91 Å². The molecule has 1 fully saturated rings. The second-order valence-corrected chi connectivity index (χ2v) is 8.24. The Morgan fingerprint density at radius 3 is 2.50 bits per heavy atom. The minimum atomic E-state index is -0.794. The molecule has 0 saturated carbocycles. The van der Waals surface area contributed by atoms with Gasteiger partial charge in [-0.25, -0.2) is 0 Å². The summed E-state index contributed by atoms with van der Waals surface area (Å²) >= 11 is 0. The molecule has 5 nitrogen and oxygen atoms in total. The summed E-state index contributed by atoms with van der Waals surface area (Å²) < 4.78 is 11.3. The number of piperidine rings is 1. The van der Waals surface area contributed by atoms with Gasteiger partial charge in [0, 0.05) is 19.3 Å². The molecular formula is C23H38N2O3. The lowest BCUT2D eigenvalue weighted by Gasteiger charge is -2.30. The molecule has 0 bridgehead atoms. The molecule has 1 aliphatic rings. The second kappa shape index (κ2) is 11.4. The van der Waals surface area contributed by atoms with E-state index in [0.717, 1.165) is 49.8 Å². The fourth-order valence-corrected chi connectivity index (χ4v) is 3.48. The first-order chi connectivity index (χ1) is 13.5. The standard InChI is InChI=1S/C23H38N2O3/c1-5-6-14-23(3,27-4)22(26)24-20-8-10-21(11-9-20)28-18-7-15-25-16-12-19(2)13-17-25/h8-11,19H,5-7,12-18H2,1-4H3,(H,24,26). The Balaban J connectivity index is 1.72. The van der Waals surface area contributed by atoms with Gasteiger partial charge in [0.1, 0.15) is 11.4 Å². The number of carbonyl (C=O) groups excluding carboxylic acids is 1. The van der Waals surface area contributed by atoms with E-state index in [0.29, 0.717) is 6.42 Å². The number of methoxy groups -OCH3 is 1. The first-order valence-corrected chi connectivity index (χ1v) is 10.8. The zero-order valence-corrected chi connectivity index (χ0v) is 18.1. The van der Waals surface area contributed by atoms with Crippen molar-refractivity contribution >= 4 is 11.6 Å². The molecule has 5 heteroatoms. The van der Waals surface area contributed by atoms with Gasteiger partial charge in [-0.15, -0.1) is 0 Å². The molecule has 1 heterocycles. The van der Waals surface area contributed by atoms with Crippen molar-refractivity contribution < 1.29 is 14.3 Å².